The molecule has 0 saturated carbocycles. The van der Waals surface area contributed by atoms with Crippen LogP contribution in [-0.2, 0) is 13.2 Å². The summed E-state index contributed by atoms with van der Waals surface area (Å²) in [5, 5.41) is 3.86. The van der Waals surface area contributed by atoms with E-state index in [0.29, 0.717) is 35.4 Å². The number of benzene rings is 3. The third-order valence-corrected chi connectivity index (χ3v) is 4.85. The topological polar surface area (TPSA) is 71.2 Å². The Morgan fingerprint density at radius 3 is 2.27 bits per heavy atom. The van der Waals surface area contributed by atoms with Crippen molar-refractivity contribution in [3.8, 4) is 5.75 Å². The van der Waals surface area contributed by atoms with Crippen LogP contribution in [0.3, 0.4) is 0 Å². The van der Waals surface area contributed by atoms with Gasteiger partial charge in [-0.2, -0.15) is 0 Å². The van der Waals surface area contributed by atoms with E-state index in [9.17, 15) is 9.59 Å². The SMILES string of the molecule is O=C(CNCc1ccccc1)c1ccc(OCc2ccccc2)c2[nH]c(=O)ccc12. The maximum atomic E-state index is 12.8. The first kappa shape index (κ1) is 19.6. The van der Waals surface area contributed by atoms with Crippen LogP contribution in [0.4, 0.5) is 0 Å². The van der Waals surface area contributed by atoms with E-state index in [1.807, 2.05) is 60.7 Å². The smallest absolute Gasteiger partial charge is 0.248 e. The lowest BCUT2D eigenvalue weighted by atomic mass is 10.0. The minimum atomic E-state index is -0.237. The van der Waals surface area contributed by atoms with Crippen molar-refractivity contribution in [3.05, 3.63) is 112 Å². The summed E-state index contributed by atoms with van der Waals surface area (Å²) in [6.07, 6.45) is 0. The van der Waals surface area contributed by atoms with Crippen LogP contribution in [0.15, 0.2) is 89.7 Å². The number of pyridine rings is 1. The molecule has 5 nitrogen and oxygen atoms in total. The standard InChI is InChI=1S/C25H22N2O3/c28-22(16-26-15-18-7-3-1-4-8-18)20-11-13-23(25-21(20)12-14-24(29)27-25)30-17-19-9-5-2-6-10-19/h1-14,26H,15-17H2,(H,27,29). The summed E-state index contributed by atoms with van der Waals surface area (Å²) in [4.78, 5) is 27.6. The zero-order chi connectivity index (χ0) is 20.8. The Bertz CT molecular complexity index is 1200. The first-order valence-electron chi connectivity index (χ1n) is 9.81. The second kappa shape index (κ2) is 9.20. The quantitative estimate of drug-likeness (QED) is 0.439. The molecule has 150 valence electrons. The van der Waals surface area contributed by atoms with Crippen molar-refractivity contribution in [3.63, 3.8) is 0 Å². The van der Waals surface area contributed by atoms with E-state index in [1.54, 1.807) is 18.2 Å². The summed E-state index contributed by atoms with van der Waals surface area (Å²) in [5.74, 6) is 0.498. The number of nitrogens with one attached hydrogen (secondary N) is 2. The number of aromatic amines is 1. The number of ether oxygens (including phenoxy) is 1. The number of H-pyrrole nitrogens is 1. The second-order valence-corrected chi connectivity index (χ2v) is 7.01. The minimum Gasteiger partial charge on any atom is -0.487 e. The highest BCUT2D eigenvalue weighted by Gasteiger charge is 2.14. The van der Waals surface area contributed by atoms with Gasteiger partial charge in [-0.05, 0) is 29.3 Å². The number of aromatic nitrogens is 1. The fourth-order valence-corrected chi connectivity index (χ4v) is 3.34. The highest BCUT2D eigenvalue weighted by atomic mass is 16.5. The van der Waals surface area contributed by atoms with E-state index in [4.69, 9.17) is 4.74 Å². The summed E-state index contributed by atoms with van der Waals surface area (Å²) in [5.41, 5.74) is 2.98. The molecule has 0 atom stereocenters. The van der Waals surface area contributed by atoms with E-state index < -0.39 is 0 Å². The Morgan fingerprint density at radius 2 is 1.53 bits per heavy atom. The van der Waals surface area contributed by atoms with Gasteiger partial charge in [-0.15, -0.1) is 0 Å². The highest BCUT2D eigenvalue weighted by Crippen LogP contribution is 2.27. The van der Waals surface area contributed by atoms with Crippen LogP contribution in [-0.4, -0.2) is 17.3 Å². The normalized spacial score (nSPS) is 10.8. The van der Waals surface area contributed by atoms with E-state index in [2.05, 4.69) is 10.3 Å². The van der Waals surface area contributed by atoms with Crippen molar-refractivity contribution in [2.45, 2.75) is 13.2 Å². The van der Waals surface area contributed by atoms with Crippen LogP contribution < -0.4 is 15.6 Å². The van der Waals surface area contributed by atoms with Crippen LogP contribution in [0.5, 0.6) is 5.75 Å². The van der Waals surface area contributed by atoms with Crippen LogP contribution in [0.25, 0.3) is 10.9 Å². The molecule has 1 aromatic heterocycles. The van der Waals surface area contributed by atoms with E-state index in [1.165, 1.54) is 6.07 Å². The Hall–Kier alpha value is -3.70. The zero-order valence-electron chi connectivity index (χ0n) is 16.4. The van der Waals surface area contributed by atoms with Gasteiger partial charge in [-0.1, -0.05) is 60.7 Å². The highest BCUT2D eigenvalue weighted by molar-refractivity contribution is 6.09. The van der Waals surface area contributed by atoms with Gasteiger partial charge in [-0.3, -0.25) is 9.59 Å². The number of hydrogen-bond acceptors (Lipinski definition) is 4. The molecule has 4 rings (SSSR count). The molecule has 0 aliphatic carbocycles. The lowest BCUT2D eigenvalue weighted by molar-refractivity contribution is 0.0992. The number of carbonyl (C=O) groups is 1. The third-order valence-electron chi connectivity index (χ3n) is 4.85. The molecule has 2 N–H and O–H groups in total. The molecule has 5 heteroatoms. The molecular formula is C25H22N2O3. The molecule has 4 aromatic rings. The van der Waals surface area contributed by atoms with Gasteiger partial charge < -0.3 is 15.0 Å². The molecule has 0 unspecified atom stereocenters. The number of fused-ring (bicyclic) bond motifs is 1. The van der Waals surface area contributed by atoms with Crippen LogP contribution in [0.2, 0.25) is 0 Å². The van der Waals surface area contributed by atoms with E-state index in [-0.39, 0.29) is 17.9 Å². The van der Waals surface area contributed by atoms with E-state index in [0.717, 1.165) is 11.1 Å². The number of ketones is 1. The largest absolute Gasteiger partial charge is 0.487 e. The molecule has 3 aromatic carbocycles. The Kier molecular flexibility index (Phi) is 6.01. The maximum absolute atomic E-state index is 12.8. The molecule has 0 bridgehead atoms. The third kappa shape index (κ3) is 4.64. The van der Waals surface area contributed by atoms with Crippen molar-refractivity contribution < 1.29 is 9.53 Å². The lowest BCUT2D eigenvalue weighted by Crippen LogP contribution is -2.23. The van der Waals surface area contributed by atoms with Gasteiger partial charge in [-0.25, -0.2) is 0 Å². The molecule has 30 heavy (non-hydrogen) atoms. The lowest BCUT2D eigenvalue weighted by Gasteiger charge is -2.12. The fourth-order valence-electron chi connectivity index (χ4n) is 3.34. The average molecular weight is 398 g/mol. The Labute approximate surface area is 174 Å². The van der Waals surface area contributed by atoms with Gasteiger partial charge in [0.05, 0.1) is 12.1 Å². The van der Waals surface area contributed by atoms with Gasteiger partial charge >= 0.3 is 0 Å². The summed E-state index contributed by atoms with van der Waals surface area (Å²) >= 11 is 0. The number of hydrogen-bond donors (Lipinski definition) is 2. The number of Topliss-reactive ketones (excluding diaryl/α,β-unsaturated/α-hetero) is 1. The first-order valence-corrected chi connectivity index (χ1v) is 9.81. The maximum Gasteiger partial charge on any atom is 0.248 e. The van der Waals surface area contributed by atoms with Gasteiger partial charge in [0.1, 0.15) is 12.4 Å². The summed E-state index contributed by atoms with van der Waals surface area (Å²) in [7, 11) is 0. The van der Waals surface area contributed by atoms with Gasteiger partial charge in [0.15, 0.2) is 5.78 Å². The number of rotatable bonds is 8. The van der Waals surface area contributed by atoms with Gasteiger partial charge in [0, 0.05) is 23.6 Å². The summed E-state index contributed by atoms with van der Waals surface area (Å²) in [6.45, 7) is 1.19. The number of carbonyl (C=O) groups excluding carboxylic acids is 1. The van der Waals surface area contributed by atoms with Crippen LogP contribution in [0.1, 0.15) is 21.5 Å². The molecule has 0 aliphatic rings. The fraction of sp³-hybridized carbons (Fsp3) is 0.120. The van der Waals surface area contributed by atoms with Crippen molar-refractivity contribution >= 4 is 16.7 Å². The van der Waals surface area contributed by atoms with Crippen molar-refractivity contribution in [1.82, 2.24) is 10.3 Å². The molecule has 0 aliphatic heterocycles. The van der Waals surface area contributed by atoms with Crippen molar-refractivity contribution in [1.29, 1.82) is 0 Å². The van der Waals surface area contributed by atoms with Gasteiger partial charge in [0.2, 0.25) is 5.56 Å². The summed E-state index contributed by atoms with van der Waals surface area (Å²) in [6, 6.07) is 26.3. The molecular weight excluding hydrogens is 376 g/mol. The Morgan fingerprint density at radius 1 is 0.833 bits per heavy atom. The second-order valence-electron chi connectivity index (χ2n) is 7.01. The Balaban J connectivity index is 1.53. The molecule has 0 radical (unpaired) electrons. The average Bonchev–Trinajstić information content (AvgIpc) is 2.78. The molecule has 0 amide bonds. The minimum absolute atomic E-state index is 0.0439. The molecule has 0 fully saturated rings. The van der Waals surface area contributed by atoms with Crippen LogP contribution in [0, 0.1) is 0 Å². The first-order chi connectivity index (χ1) is 14.7. The predicted molar refractivity (Wildman–Crippen MR) is 118 cm³/mol. The van der Waals surface area contributed by atoms with Gasteiger partial charge in [0.25, 0.3) is 0 Å². The molecule has 0 spiro atoms. The molecule has 0 saturated heterocycles. The van der Waals surface area contributed by atoms with Crippen LogP contribution >= 0.6 is 0 Å². The van der Waals surface area contributed by atoms with E-state index >= 15 is 0 Å². The monoisotopic (exact) mass is 398 g/mol. The van der Waals surface area contributed by atoms with Crippen molar-refractivity contribution in [2.24, 2.45) is 0 Å². The molecule has 1 heterocycles. The zero-order valence-corrected chi connectivity index (χ0v) is 16.4. The summed E-state index contributed by atoms with van der Waals surface area (Å²) < 4.78 is 5.94. The predicted octanol–water partition coefficient (Wildman–Crippen LogP) is 4.08. The van der Waals surface area contributed by atoms with Crippen molar-refractivity contribution in [2.75, 3.05) is 6.54 Å².